The normalized spacial score (nSPS) is 14.8. The summed E-state index contributed by atoms with van der Waals surface area (Å²) in [5, 5.41) is 22.9. The van der Waals surface area contributed by atoms with Crippen molar-refractivity contribution in [2.75, 3.05) is 13.2 Å². The van der Waals surface area contributed by atoms with Gasteiger partial charge in [-0.15, -0.1) is 5.10 Å². The number of aliphatic hydroxyl groups is 1. The van der Waals surface area contributed by atoms with Gasteiger partial charge in [-0.2, -0.15) is 15.7 Å². The highest BCUT2D eigenvalue weighted by Gasteiger charge is 2.28. The second-order valence-electron chi connectivity index (χ2n) is 9.13. The highest BCUT2D eigenvalue weighted by Crippen LogP contribution is 2.46. The highest BCUT2D eigenvalue weighted by molar-refractivity contribution is 7.08. The largest absolute Gasteiger partial charge is 0.395 e. The summed E-state index contributed by atoms with van der Waals surface area (Å²) >= 11 is 1.71. The molecule has 0 aliphatic heterocycles. The molecule has 0 atom stereocenters. The molecule has 5 nitrogen and oxygen atoms in total. The Labute approximate surface area is 213 Å². The third-order valence-electron chi connectivity index (χ3n) is 6.77. The summed E-state index contributed by atoms with van der Waals surface area (Å²) in [5.74, 6) is -0.291. The average molecular weight is 502 g/mol. The molecule has 36 heavy (non-hydrogen) atoms. The van der Waals surface area contributed by atoms with Crippen molar-refractivity contribution in [3.8, 4) is 0 Å². The van der Waals surface area contributed by atoms with Crippen LogP contribution in [0.1, 0.15) is 47.1 Å². The zero-order valence-electron chi connectivity index (χ0n) is 20.1. The minimum Gasteiger partial charge on any atom is -0.395 e. The molecule has 0 spiro atoms. The molecular weight excluding hydrogens is 473 g/mol. The first-order valence-electron chi connectivity index (χ1n) is 12.1. The predicted octanol–water partition coefficient (Wildman–Crippen LogP) is 5.95. The monoisotopic (exact) mass is 501 g/mol. The zero-order valence-corrected chi connectivity index (χ0v) is 20.9. The van der Waals surface area contributed by atoms with Crippen LogP contribution in [0.4, 0.5) is 4.39 Å². The van der Waals surface area contributed by atoms with Gasteiger partial charge in [-0.3, -0.25) is 9.89 Å². The fourth-order valence-electron chi connectivity index (χ4n) is 4.68. The molecule has 2 aromatic heterocycles. The Bertz CT molecular complexity index is 1440. The summed E-state index contributed by atoms with van der Waals surface area (Å²) in [6.45, 7) is 2.28. The van der Waals surface area contributed by atoms with Crippen LogP contribution in [0.5, 0.6) is 0 Å². The number of thiophene rings is 1. The van der Waals surface area contributed by atoms with E-state index in [-0.39, 0.29) is 19.1 Å². The topological polar surface area (TPSA) is 78.0 Å². The van der Waals surface area contributed by atoms with Crippen molar-refractivity contribution >= 4 is 45.4 Å². The molecule has 1 fully saturated rings. The molecule has 2 heterocycles. The molecule has 4 aromatic rings. The number of benzene rings is 2. The van der Waals surface area contributed by atoms with E-state index in [4.69, 9.17) is 5.11 Å². The minimum absolute atomic E-state index is 0.0924. The number of halogens is 1. The van der Waals surface area contributed by atoms with Crippen LogP contribution in [0.25, 0.3) is 28.1 Å². The molecule has 184 valence electrons. The minimum atomic E-state index is -0.497. The predicted molar refractivity (Wildman–Crippen MR) is 144 cm³/mol. The maximum atomic E-state index is 14.4. The first-order valence-corrected chi connectivity index (χ1v) is 13.1. The van der Waals surface area contributed by atoms with Crippen LogP contribution in [-0.4, -0.2) is 34.4 Å². The van der Waals surface area contributed by atoms with E-state index in [9.17, 15) is 9.18 Å². The van der Waals surface area contributed by atoms with Crippen LogP contribution in [-0.2, 0) is 4.79 Å². The van der Waals surface area contributed by atoms with Crippen molar-refractivity contribution in [3.05, 3.63) is 93.1 Å². The van der Waals surface area contributed by atoms with E-state index in [2.05, 4.69) is 45.3 Å². The van der Waals surface area contributed by atoms with Gasteiger partial charge in [0.05, 0.1) is 17.5 Å². The van der Waals surface area contributed by atoms with Crippen LogP contribution >= 0.6 is 11.3 Å². The van der Waals surface area contributed by atoms with Gasteiger partial charge in [0.15, 0.2) is 0 Å². The van der Waals surface area contributed by atoms with Crippen molar-refractivity contribution in [3.63, 3.8) is 0 Å². The molecule has 2 aromatic carbocycles. The molecule has 0 unspecified atom stereocenters. The van der Waals surface area contributed by atoms with E-state index in [0.717, 1.165) is 35.1 Å². The summed E-state index contributed by atoms with van der Waals surface area (Å²) in [7, 11) is 0. The van der Waals surface area contributed by atoms with Gasteiger partial charge in [-0.1, -0.05) is 36.8 Å². The maximum absolute atomic E-state index is 14.4. The Balaban J connectivity index is 1.62. The number of allylic oxidation sites excluding steroid dienone is 1. The Morgan fingerprint density at radius 2 is 1.97 bits per heavy atom. The van der Waals surface area contributed by atoms with Gasteiger partial charge in [0, 0.05) is 12.6 Å². The Morgan fingerprint density at radius 1 is 1.19 bits per heavy atom. The number of aromatic nitrogens is 2. The number of fused-ring (bicyclic) bond motifs is 1. The van der Waals surface area contributed by atoms with Crippen LogP contribution in [0, 0.1) is 18.8 Å². The lowest BCUT2D eigenvalue weighted by Crippen LogP contribution is -2.24. The smallest absolute Gasteiger partial charge is 0.244 e. The summed E-state index contributed by atoms with van der Waals surface area (Å²) in [5.41, 5.74) is 8.52. The van der Waals surface area contributed by atoms with Gasteiger partial charge in [-0.05, 0) is 93.6 Å². The fourth-order valence-corrected chi connectivity index (χ4v) is 5.53. The van der Waals surface area contributed by atoms with Gasteiger partial charge in [-0.25, -0.2) is 0 Å². The number of hydrogen-bond acceptors (Lipinski definition) is 4. The van der Waals surface area contributed by atoms with Gasteiger partial charge < -0.3 is 10.4 Å². The SMILES string of the molecule is Cc1cscc1/C(=C(\c1ccc(/C=C/C(=O)NCCO)cc1)c1ccc2[nH]nc(F)c2c1)C1CCC1. The molecule has 1 aliphatic rings. The van der Waals surface area contributed by atoms with E-state index in [1.54, 1.807) is 17.4 Å². The van der Waals surface area contributed by atoms with Crippen LogP contribution in [0.2, 0.25) is 0 Å². The van der Waals surface area contributed by atoms with Crippen molar-refractivity contribution in [1.29, 1.82) is 0 Å². The Morgan fingerprint density at radius 3 is 2.64 bits per heavy atom. The molecule has 1 amide bonds. The van der Waals surface area contributed by atoms with Crippen LogP contribution in [0.15, 0.2) is 59.3 Å². The van der Waals surface area contributed by atoms with E-state index in [1.165, 1.54) is 29.2 Å². The Kier molecular flexibility index (Phi) is 7.11. The quantitative estimate of drug-likeness (QED) is 0.261. The summed E-state index contributed by atoms with van der Waals surface area (Å²) in [6, 6.07) is 13.9. The molecule has 5 rings (SSSR count). The molecular formula is C29H28FN3O2S. The number of H-pyrrole nitrogens is 1. The summed E-state index contributed by atoms with van der Waals surface area (Å²) in [4.78, 5) is 11.9. The highest BCUT2D eigenvalue weighted by atomic mass is 32.1. The number of aliphatic hydroxyl groups excluding tert-OH is 1. The van der Waals surface area contributed by atoms with E-state index >= 15 is 0 Å². The summed E-state index contributed by atoms with van der Waals surface area (Å²) < 4.78 is 14.4. The zero-order chi connectivity index (χ0) is 25.1. The molecule has 1 saturated carbocycles. The molecule has 7 heteroatoms. The number of nitrogens with one attached hydrogen (secondary N) is 2. The third kappa shape index (κ3) is 4.90. The number of carbonyl (C=O) groups excluding carboxylic acids is 1. The molecule has 0 bridgehead atoms. The number of carbonyl (C=O) groups is 1. The summed E-state index contributed by atoms with van der Waals surface area (Å²) in [6.07, 6.45) is 6.71. The van der Waals surface area contributed by atoms with Crippen LogP contribution < -0.4 is 5.32 Å². The Hall–Kier alpha value is -3.55. The van der Waals surface area contributed by atoms with Gasteiger partial charge in [0.25, 0.3) is 0 Å². The molecule has 0 radical (unpaired) electrons. The van der Waals surface area contributed by atoms with E-state index in [0.29, 0.717) is 16.8 Å². The lowest BCUT2D eigenvalue weighted by atomic mass is 9.73. The van der Waals surface area contributed by atoms with Gasteiger partial charge in [0.1, 0.15) is 0 Å². The lowest BCUT2D eigenvalue weighted by molar-refractivity contribution is -0.116. The van der Waals surface area contributed by atoms with Gasteiger partial charge >= 0.3 is 0 Å². The number of rotatable bonds is 8. The van der Waals surface area contributed by atoms with Crippen molar-refractivity contribution in [2.24, 2.45) is 5.92 Å². The molecule has 0 saturated heterocycles. The average Bonchev–Trinajstić information content (AvgIpc) is 3.45. The van der Waals surface area contributed by atoms with E-state index in [1.807, 2.05) is 30.3 Å². The first kappa shape index (κ1) is 24.2. The van der Waals surface area contributed by atoms with Crippen molar-refractivity contribution in [1.82, 2.24) is 15.5 Å². The fraction of sp³-hybridized carbons (Fsp3) is 0.241. The van der Waals surface area contributed by atoms with Crippen molar-refractivity contribution in [2.45, 2.75) is 26.2 Å². The number of aromatic amines is 1. The maximum Gasteiger partial charge on any atom is 0.244 e. The van der Waals surface area contributed by atoms with E-state index < -0.39 is 5.95 Å². The first-order chi connectivity index (χ1) is 17.5. The second kappa shape index (κ2) is 10.6. The molecule has 1 aliphatic carbocycles. The number of aryl methyl sites for hydroxylation is 1. The standard InChI is InChI=1S/C29H28FN3O2S/c1-18-16-36-17-24(18)28(20-3-2-4-20)27(22-10-11-25-23(15-22)29(30)33-32-25)21-8-5-19(6-9-21)7-12-26(35)31-13-14-34/h5-12,15-17,20,34H,2-4,13-14H2,1H3,(H,31,35)(H,32,33)/b12-7+,28-27+. The third-order valence-corrected chi connectivity index (χ3v) is 7.63. The number of nitrogens with zero attached hydrogens (tertiary/aromatic N) is 1. The number of amides is 1. The van der Waals surface area contributed by atoms with Crippen LogP contribution in [0.3, 0.4) is 0 Å². The van der Waals surface area contributed by atoms with Gasteiger partial charge in [0.2, 0.25) is 11.9 Å². The lowest BCUT2D eigenvalue weighted by Gasteiger charge is -2.31. The number of hydrogen-bond donors (Lipinski definition) is 3. The molecule has 3 N–H and O–H groups in total. The van der Waals surface area contributed by atoms with Crippen molar-refractivity contribution < 1.29 is 14.3 Å². The second-order valence-corrected chi connectivity index (χ2v) is 9.87.